The van der Waals surface area contributed by atoms with Gasteiger partial charge in [-0.3, -0.25) is 4.79 Å². The Morgan fingerprint density at radius 2 is 2.47 bits per heavy atom. The zero-order valence-corrected chi connectivity index (χ0v) is 8.15. The van der Waals surface area contributed by atoms with Crippen LogP contribution >= 0.6 is 0 Å². The molecule has 2 rings (SSSR count). The van der Waals surface area contributed by atoms with Crippen LogP contribution in [0.1, 0.15) is 21.9 Å². The molecular formula is C9H10N4O2. The minimum Gasteiger partial charge on any atom is -0.467 e. The minimum absolute atomic E-state index is 0.266. The summed E-state index contributed by atoms with van der Waals surface area (Å²) in [6.07, 6.45) is 1.56. The normalized spacial score (nSPS) is 10.2. The molecule has 2 heterocycles. The molecule has 0 atom stereocenters. The van der Waals surface area contributed by atoms with Gasteiger partial charge in [-0.15, -0.1) is 0 Å². The summed E-state index contributed by atoms with van der Waals surface area (Å²) in [6, 6.07) is 3.55. The lowest BCUT2D eigenvalue weighted by Gasteiger charge is -1.99. The molecule has 2 aromatic heterocycles. The van der Waals surface area contributed by atoms with Gasteiger partial charge in [-0.2, -0.15) is 15.4 Å². The van der Waals surface area contributed by atoms with E-state index in [2.05, 4.69) is 20.7 Å². The third-order valence-corrected chi connectivity index (χ3v) is 1.94. The van der Waals surface area contributed by atoms with Crippen molar-refractivity contribution in [2.45, 2.75) is 13.5 Å². The molecule has 1 amide bonds. The zero-order valence-electron chi connectivity index (χ0n) is 8.15. The predicted octanol–water partition coefficient (Wildman–Crippen LogP) is 0.636. The summed E-state index contributed by atoms with van der Waals surface area (Å²) in [5, 5.41) is 12.6. The van der Waals surface area contributed by atoms with E-state index in [1.165, 1.54) is 0 Å². The smallest absolute Gasteiger partial charge is 0.274 e. The molecule has 0 unspecified atom stereocenters. The molecule has 0 aliphatic carbocycles. The minimum atomic E-state index is -0.266. The van der Waals surface area contributed by atoms with E-state index >= 15 is 0 Å². The van der Waals surface area contributed by atoms with E-state index in [9.17, 15) is 4.79 Å². The van der Waals surface area contributed by atoms with E-state index in [1.54, 1.807) is 25.3 Å². The summed E-state index contributed by atoms with van der Waals surface area (Å²) in [7, 11) is 0. The first kappa shape index (κ1) is 9.45. The third-order valence-electron chi connectivity index (χ3n) is 1.94. The highest BCUT2D eigenvalue weighted by Gasteiger charge is 2.12. The van der Waals surface area contributed by atoms with Crippen molar-refractivity contribution in [3.05, 3.63) is 35.5 Å². The molecular weight excluding hydrogens is 196 g/mol. The van der Waals surface area contributed by atoms with E-state index in [-0.39, 0.29) is 5.91 Å². The van der Waals surface area contributed by atoms with Crippen LogP contribution in [-0.4, -0.2) is 21.3 Å². The Labute approximate surface area is 85.7 Å². The highest BCUT2D eigenvalue weighted by molar-refractivity contribution is 5.92. The van der Waals surface area contributed by atoms with Gasteiger partial charge in [0, 0.05) is 0 Å². The maximum absolute atomic E-state index is 11.5. The van der Waals surface area contributed by atoms with Crippen molar-refractivity contribution in [1.82, 2.24) is 20.7 Å². The Bertz CT molecular complexity index is 446. The largest absolute Gasteiger partial charge is 0.467 e. The van der Waals surface area contributed by atoms with E-state index in [0.717, 1.165) is 0 Å². The van der Waals surface area contributed by atoms with Gasteiger partial charge in [-0.05, 0) is 19.1 Å². The number of aryl methyl sites for hydroxylation is 1. The Hall–Kier alpha value is -2.11. The molecule has 0 bridgehead atoms. The molecule has 2 N–H and O–H groups in total. The fraction of sp³-hybridized carbons (Fsp3) is 0.222. The summed E-state index contributed by atoms with van der Waals surface area (Å²) >= 11 is 0. The van der Waals surface area contributed by atoms with Crippen LogP contribution in [-0.2, 0) is 6.54 Å². The molecule has 6 heteroatoms. The molecule has 0 spiro atoms. The van der Waals surface area contributed by atoms with Gasteiger partial charge in [-0.1, -0.05) is 0 Å². The number of carbonyl (C=O) groups is 1. The van der Waals surface area contributed by atoms with E-state index in [1.807, 2.05) is 0 Å². The number of hydrogen-bond donors (Lipinski definition) is 2. The molecule has 0 fully saturated rings. The Morgan fingerprint density at radius 1 is 1.60 bits per heavy atom. The van der Waals surface area contributed by atoms with Gasteiger partial charge in [0.15, 0.2) is 5.69 Å². The summed E-state index contributed by atoms with van der Waals surface area (Å²) in [6.45, 7) is 2.06. The number of amides is 1. The molecule has 6 nitrogen and oxygen atoms in total. The molecule has 0 aromatic carbocycles. The maximum Gasteiger partial charge on any atom is 0.274 e. The molecule has 0 aliphatic rings. The molecule has 0 aliphatic heterocycles. The predicted molar refractivity (Wildman–Crippen MR) is 51.0 cm³/mol. The van der Waals surface area contributed by atoms with Gasteiger partial charge < -0.3 is 9.73 Å². The number of H-pyrrole nitrogens is 1. The van der Waals surface area contributed by atoms with Crippen LogP contribution in [0.5, 0.6) is 0 Å². The van der Waals surface area contributed by atoms with Crippen molar-refractivity contribution >= 4 is 5.91 Å². The number of hydrogen-bond acceptors (Lipinski definition) is 4. The zero-order chi connectivity index (χ0) is 10.7. The van der Waals surface area contributed by atoms with Crippen molar-refractivity contribution in [2.75, 3.05) is 0 Å². The first-order valence-corrected chi connectivity index (χ1v) is 4.45. The fourth-order valence-electron chi connectivity index (χ4n) is 1.16. The number of furan rings is 1. The fourth-order valence-corrected chi connectivity index (χ4v) is 1.16. The van der Waals surface area contributed by atoms with Crippen LogP contribution in [0.4, 0.5) is 0 Å². The highest BCUT2D eigenvalue weighted by Crippen LogP contribution is 2.01. The average Bonchev–Trinajstić information content (AvgIpc) is 2.84. The van der Waals surface area contributed by atoms with Crippen LogP contribution in [0.2, 0.25) is 0 Å². The second-order valence-corrected chi connectivity index (χ2v) is 3.02. The maximum atomic E-state index is 11.5. The van der Waals surface area contributed by atoms with Crippen LogP contribution in [0.15, 0.2) is 22.8 Å². The van der Waals surface area contributed by atoms with Crippen LogP contribution in [0.3, 0.4) is 0 Å². The van der Waals surface area contributed by atoms with E-state index < -0.39 is 0 Å². The molecule has 78 valence electrons. The summed E-state index contributed by atoms with van der Waals surface area (Å²) in [5.41, 5.74) is 0.883. The molecule has 0 saturated heterocycles. The summed E-state index contributed by atoms with van der Waals surface area (Å²) in [5.74, 6) is 0.433. The van der Waals surface area contributed by atoms with Crippen molar-refractivity contribution in [3.8, 4) is 0 Å². The Morgan fingerprint density at radius 3 is 3.07 bits per heavy atom. The molecule has 2 aromatic rings. The van der Waals surface area contributed by atoms with Gasteiger partial charge in [0.2, 0.25) is 0 Å². The second-order valence-electron chi connectivity index (χ2n) is 3.02. The first-order valence-electron chi connectivity index (χ1n) is 4.45. The SMILES string of the molecule is Cc1n[nH]nc1C(=O)NCc1ccco1. The topological polar surface area (TPSA) is 83.8 Å². The van der Waals surface area contributed by atoms with Crippen molar-refractivity contribution in [3.63, 3.8) is 0 Å². The Balaban J connectivity index is 1.96. The number of aromatic amines is 1. The number of rotatable bonds is 3. The van der Waals surface area contributed by atoms with Crippen LogP contribution < -0.4 is 5.32 Å². The summed E-state index contributed by atoms with van der Waals surface area (Å²) in [4.78, 5) is 11.5. The van der Waals surface area contributed by atoms with Gasteiger partial charge in [-0.25, -0.2) is 0 Å². The summed E-state index contributed by atoms with van der Waals surface area (Å²) < 4.78 is 5.07. The quantitative estimate of drug-likeness (QED) is 0.771. The van der Waals surface area contributed by atoms with Crippen LogP contribution in [0.25, 0.3) is 0 Å². The lowest BCUT2D eigenvalue weighted by Crippen LogP contribution is -2.23. The lowest BCUT2D eigenvalue weighted by molar-refractivity contribution is 0.0942. The average molecular weight is 206 g/mol. The van der Waals surface area contributed by atoms with Crippen molar-refractivity contribution in [2.24, 2.45) is 0 Å². The van der Waals surface area contributed by atoms with Gasteiger partial charge in [0.05, 0.1) is 18.5 Å². The first-order chi connectivity index (χ1) is 7.27. The highest BCUT2D eigenvalue weighted by atomic mass is 16.3. The molecule has 15 heavy (non-hydrogen) atoms. The number of nitrogens with one attached hydrogen (secondary N) is 2. The van der Waals surface area contributed by atoms with E-state index in [4.69, 9.17) is 4.42 Å². The lowest BCUT2D eigenvalue weighted by atomic mass is 10.3. The number of carbonyl (C=O) groups excluding carboxylic acids is 1. The second kappa shape index (κ2) is 3.95. The molecule has 0 radical (unpaired) electrons. The van der Waals surface area contributed by atoms with Gasteiger partial charge in [0.25, 0.3) is 5.91 Å². The van der Waals surface area contributed by atoms with Gasteiger partial charge in [0.1, 0.15) is 5.76 Å². The molecule has 0 saturated carbocycles. The standard InChI is InChI=1S/C9H10N4O2/c1-6-8(12-13-11-6)9(14)10-5-7-3-2-4-15-7/h2-4H,5H2,1H3,(H,10,14)(H,11,12,13). The third kappa shape index (κ3) is 2.04. The van der Waals surface area contributed by atoms with Crippen LogP contribution in [0, 0.1) is 6.92 Å². The Kier molecular flexibility index (Phi) is 2.49. The van der Waals surface area contributed by atoms with Crippen molar-refractivity contribution in [1.29, 1.82) is 0 Å². The monoisotopic (exact) mass is 206 g/mol. The number of aromatic nitrogens is 3. The van der Waals surface area contributed by atoms with Crippen molar-refractivity contribution < 1.29 is 9.21 Å². The number of nitrogens with zero attached hydrogens (tertiary/aromatic N) is 2. The van der Waals surface area contributed by atoms with E-state index in [0.29, 0.717) is 23.7 Å². The van der Waals surface area contributed by atoms with Gasteiger partial charge >= 0.3 is 0 Å².